The number of carbonyl (C=O) groups excluding carboxylic acids is 1. The monoisotopic (exact) mass is 226 g/mol. The van der Waals surface area contributed by atoms with Crippen molar-refractivity contribution in [1.29, 1.82) is 0 Å². The first kappa shape index (κ1) is 12.6. The van der Waals surface area contributed by atoms with Crippen molar-refractivity contribution in [3.8, 4) is 0 Å². The molecule has 2 unspecified atom stereocenters. The van der Waals surface area contributed by atoms with E-state index in [0.717, 1.165) is 21.6 Å². The summed E-state index contributed by atoms with van der Waals surface area (Å²) in [6.45, 7) is 0. The maximum absolute atomic E-state index is 10.7. The Balaban J connectivity index is 3.76. The minimum Gasteiger partial charge on any atom is -0.479 e. The average molecular weight is 226 g/mol. The molecule has 76 valence electrons. The highest BCUT2D eigenvalue weighted by Gasteiger charge is 2.19. The van der Waals surface area contributed by atoms with Gasteiger partial charge in [0.1, 0.15) is 0 Å². The molecule has 0 spiro atoms. The number of aliphatic carboxylic acids is 1. The van der Waals surface area contributed by atoms with E-state index in [4.69, 9.17) is 16.6 Å². The van der Waals surface area contributed by atoms with Gasteiger partial charge in [0, 0.05) is 0 Å². The molecule has 0 aliphatic heterocycles. The molecule has 0 amide bonds. The van der Waals surface area contributed by atoms with Crippen LogP contribution < -0.4 is 11.5 Å². The number of esters is 1. The first-order valence-corrected chi connectivity index (χ1v) is 5.40. The zero-order valence-corrected chi connectivity index (χ0v) is 8.43. The molecule has 0 aromatic rings. The Labute approximate surface area is 82.8 Å². The Morgan fingerprint density at radius 1 is 1.31 bits per heavy atom. The van der Waals surface area contributed by atoms with Gasteiger partial charge in [-0.15, -0.1) is 0 Å². The Bertz CT molecular complexity index is 201. The van der Waals surface area contributed by atoms with E-state index in [2.05, 4.69) is 4.74 Å². The summed E-state index contributed by atoms with van der Waals surface area (Å²) in [6, 6.07) is 0. The Hall–Kier alpha value is -0.440. The van der Waals surface area contributed by atoms with E-state index in [1.165, 1.54) is 7.11 Å². The van der Waals surface area contributed by atoms with Gasteiger partial charge in [-0.05, 0) is 0 Å². The van der Waals surface area contributed by atoms with Gasteiger partial charge in [-0.1, -0.05) is 21.6 Å². The quantitative estimate of drug-likeness (QED) is 0.317. The standard InChI is InChI=1S/C5H10N2O4S2/c1-11-5(10)3(7)13-12-2(6)4(8)9/h2-3H,6-7H2,1H3,(H,8,9). The molecular weight excluding hydrogens is 216 g/mol. The Morgan fingerprint density at radius 3 is 2.15 bits per heavy atom. The minimum absolute atomic E-state index is 0.616. The number of carboxylic acids is 1. The number of carbonyl (C=O) groups is 2. The number of hydrogen-bond acceptors (Lipinski definition) is 7. The number of methoxy groups -OCH3 is 1. The van der Waals surface area contributed by atoms with Gasteiger partial charge in [0.15, 0.2) is 10.7 Å². The normalized spacial score (nSPS) is 14.7. The van der Waals surface area contributed by atoms with Crippen molar-refractivity contribution in [2.24, 2.45) is 11.5 Å². The van der Waals surface area contributed by atoms with Crippen molar-refractivity contribution in [3.05, 3.63) is 0 Å². The van der Waals surface area contributed by atoms with Crippen LogP contribution in [0.2, 0.25) is 0 Å². The van der Waals surface area contributed by atoms with Crippen LogP contribution in [0.4, 0.5) is 0 Å². The molecule has 0 rings (SSSR count). The molecule has 0 aliphatic carbocycles. The lowest BCUT2D eigenvalue weighted by Crippen LogP contribution is -2.30. The van der Waals surface area contributed by atoms with Gasteiger partial charge in [-0.2, -0.15) is 0 Å². The number of carboxylic acid groups (broad SMARTS) is 1. The summed E-state index contributed by atoms with van der Waals surface area (Å²) in [5, 5.41) is 6.36. The lowest BCUT2D eigenvalue weighted by molar-refractivity contribution is -0.140. The van der Waals surface area contributed by atoms with Crippen LogP contribution in [0.1, 0.15) is 0 Å². The van der Waals surface area contributed by atoms with Crippen LogP contribution in [0, 0.1) is 0 Å². The number of rotatable bonds is 5. The van der Waals surface area contributed by atoms with Crippen molar-refractivity contribution < 1.29 is 19.4 Å². The van der Waals surface area contributed by atoms with E-state index in [1.54, 1.807) is 0 Å². The van der Waals surface area contributed by atoms with Gasteiger partial charge in [-0.25, -0.2) is 9.59 Å². The topological polar surface area (TPSA) is 116 Å². The second-order valence-electron chi connectivity index (χ2n) is 1.90. The van der Waals surface area contributed by atoms with Gasteiger partial charge in [0.2, 0.25) is 0 Å². The van der Waals surface area contributed by atoms with Crippen LogP contribution in [0.5, 0.6) is 0 Å². The highest BCUT2D eigenvalue weighted by Crippen LogP contribution is 2.27. The summed E-state index contributed by atoms with van der Waals surface area (Å²) in [5.41, 5.74) is 10.4. The molecule has 0 aromatic carbocycles. The predicted molar refractivity (Wildman–Crippen MR) is 50.8 cm³/mol. The molecule has 0 bridgehead atoms. The van der Waals surface area contributed by atoms with Crippen molar-refractivity contribution in [2.45, 2.75) is 10.7 Å². The third-order valence-corrected chi connectivity index (χ3v) is 3.44. The van der Waals surface area contributed by atoms with E-state index in [0.29, 0.717) is 0 Å². The van der Waals surface area contributed by atoms with Gasteiger partial charge in [-0.3, -0.25) is 0 Å². The van der Waals surface area contributed by atoms with Gasteiger partial charge >= 0.3 is 11.9 Å². The molecule has 0 saturated carbocycles. The van der Waals surface area contributed by atoms with E-state index >= 15 is 0 Å². The highest BCUT2D eigenvalue weighted by molar-refractivity contribution is 8.77. The van der Waals surface area contributed by atoms with Crippen molar-refractivity contribution in [3.63, 3.8) is 0 Å². The Kier molecular flexibility index (Phi) is 5.88. The van der Waals surface area contributed by atoms with Crippen molar-refractivity contribution >= 4 is 33.5 Å². The maximum Gasteiger partial charge on any atom is 0.334 e. The molecule has 0 radical (unpaired) electrons. The second kappa shape index (κ2) is 6.08. The van der Waals surface area contributed by atoms with Gasteiger partial charge in [0.25, 0.3) is 0 Å². The molecule has 13 heavy (non-hydrogen) atoms. The van der Waals surface area contributed by atoms with E-state index in [9.17, 15) is 9.59 Å². The highest BCUT2D eigenvalue weighted by atomic mass is 33.1. The zero-order valence-electron chi connectivity index (χ0n) is 6.80. The predicted octanol–water partition coefficient (Wildman–Crippen LogP) is -0.805. The summed E-state index contributed by atoms with van der Waals surface area (Å²) in [6.07, 6.45) is 0. The average Bonchev–Trinajstić information content (AvgIpc) is 2.11. The molecule has 6 nitrogen and oxygen atoms in total. The van der Waals surface area contributed by atoms with Crippen LogP contribution in [-0.4, -0.2) is 34.9 Å². The molecule has 5 N–H and O–H groups in total. The summed E-state index contributed by atoms with van der Waals surface area (Å²) in [4.78, 5) is 21.0. The smallest absolute Gasteiger partial charge is 0.334 e. The molecule has 0 aliphatic rings. The van der Waals surface area contributed by atoms with Crippen LogP contribution in [0.25, 0.3) is 0 Å². The largest absolute Gasteiger partial charge is 0.479 e. The molecule has 8 heteroatoms. The molecule has 0 saturated heterocycles. The number of nitrogens with two attached hydrogens (primary N) is 2. The van der Waals surface area contributed by atoms with Crippen molar-refractivity contribution in [1.82, 2.24) is 0 Å². The van der Waals surface area contributed by atoms with Crippen LogP contribution in [0.3, 0.4) is 0 Å². The van der Waals surface area contributed by atoms with Crippen molar-refractivity contribution in [2.75, 3.05) is 7.11 Å². The first-order chi connectivity index (χ1) is 5.99. The fourth-order valence-electron chi connectivity index (χ4n) is 0.316. The van der Waals surface area contributed by atoms with Gasteiger partial charge in [0.05, 0.1) is 7.11 Å². The lowest BCUT2D eigenvalue weighted by Gasteiger charge is -2.09. The Morgan fingerprint density at radius 2 is 1.77 bits per heavy atom. The molecular formula is C5H10N2O4S2. The van der Waals surface area contributed by atoms with Crippen LogP contribution >= 0.6 is 21.6 Å². The molecule has 2 atom stereocenters. The number of ether oxygens (including phenoxy) is 1. The van der Waals surface area contributed by atoms with Crippen LogP contribution in [0.15, 0.2) is 0 Å². The summed E-state index contributed by atoms with van der Waals surface area (Å²) in [5.74, 6) is -1.77. The van der Waals surface area contributed by atoms with E-state index in [1.807, 2.05) is 0 Å². The van der Waals surface area contributed by atoms with E-state index in [-0.39, 0.29) is 0 Å². The SMILES string of the molecule is COC(=O)C(N)SSC(N)C(=O)O. The first-order valence-electron chi connectivity index (χ1n) is 3.13. The molecule has 0 heterocycles. The third-order valence-electron chi connectivity index (χ3n) is 0.940. The third kappa shape index (κ3) is 4.98. The second-order valence-corrected chi connectivity index (χ2v) is 4.45. The minimum atomic E-state index is -1.16. The molecule has 0 aromatic heterocycles. The molecule has 0 fully saturated rings. The fourth-order valence-corrected chi connectivity index (χ4v) is 2.01. The summed E-state index contributed by atoms with van der Waals surface area (Å²) in [7, 11) is 2.86. The zero-order chi connectivity index (χ0) is 10.4. The van der Waals surface area contributed by atoms with E-state index < -0.39 is 22.7 Å². The van der Waals surface area contributed by atoms with Crippen LogP contribution in [-0.2, 0) is 14.3 Å². The lowest BCUT2D eigenvalue weighted by atomic mass is 10.7. The number of hydrogen-bond donors (Lipinski definition) is 3. The summed E-state index contributed by atoms with van der Waals surface area (Å²) >= 11 is 0. The van der Waals surface area contributed by atoms with Gasteiger partial charge < -0.3 is 21.3 Å². The summed E-state index contributed by atoms with van der Waals surface area (Å²) < 4.78 is 4.32. The fraction of sp³-hybridized carbons (Fsp3) is 0.600. The maximum atomic E-state index is 10.7.